The molecule has 0 aromatic heterocycles. The van der Waals surface area contributed by atoms with Crippen LogP contribution in [0.1, 0.15) is 38.5 Å². The highest BCUT2D eigenvalue weighted by Crippen LogP contribution is 2.26. The van der Waals surface area contributed by atoms with Crippen LogP contribution in [0.2, 0.25) is 0 Å². The number of carbonyl (C=O) groups is 2. The molecule has 1 aliphatic rings. The van der Waals surface area contributed by atoms with Gasteiger partial charge in [-0.15, -0.1) is 0 Å². The fourth-order valence-corrected chi connectivity index (χ4v) is 2.41. The second-order valence-corrected chi connectivity index (χ2v) is 4.97. The lowest BCUT2D eigenvalue weighted by atomic mass is 9.83. The van der Waals surface area contributed by atoms with Gasteiger partial charge < -0.3 is 22.1 Å². The third-order valence-corrected chi connectivity index (χ3v) is 3.35. The van der Waals surface area contributed by atoms with E-state index in [1.807, 2.05) is 0 Å². The van der Waals surface area contributed by atoms with Gasteiger partial charge in [-0.05, 0) is 25.2 Å². The molecule has 0 spiro atoms. The predicted molar refractivity (Wildman–Crippen MR) is 69.8 cm³/mol. The molecule has 3 amide bonds. The van der Waals surface area contributed by atoms with Crippen LogP contribution in [0.25, 0.3) is 0 Å². The molecule has 0 aliphatic heterocycles. The van der Waals surface area contributed by atoms with Crippen LogP contribution in [0.5, 0.6) is 0 Å². The maximum absolute atomic E-state index is 11.5. The fraction of sp³-hybridized carbons (Fsp3) is 0.833. The third kappa shape index (κ3) is 6.44. The summed E-state index contributed by atoms with van der Waals surface area (Å²) in [6.07, 6.45) is 5.95. The van der Waals surface area contributed by atoms with E-state index in [0.29, 0.717) is 31.5 Å². The highest BCUT2D eigenvalue weighted by atomic mass is 16.2. The molecule has 1 rings (SSSR count). The first kappa shape index (κ1) is 14.8. The summed E-state index contributed by atoms with van der Waals surface area (Å²) in [7, 11) is 0. The lowest BCUT2D eigenvalue weighted by Crippen LogP contribution is -2.37. The van der Waals surface area contributed by atoms with Crippen molar-refractivity contribution in [1.29, 1.82) is 0 Å². The summed E-state index contributed by atoms with van der Waals surface area (Å²) in [6.45, 7) is 0.793. The smallest absolute Gasteiger partial charge is 0.312 e. The van der Waals surface area contributed by atoms with Crippen molar-refractivity contribution in [3.8, 4) is 0 Å². The highest BCUT2D eigenvalue weighted by Gasteiger charge is 2.19. The normalized spacial score (nSPS) is 23.4. The number of nitrogens with two attached hydrogens (primary N) is 2. The van der Waals surface area contributed by atoms with Gasteiger partial charge in [0.2, 0.25) is 5.91 Å². The molecule has 6 heteroatoms. The molecule has 6 nitrogen and oxygen atoms in total. The fourth-order valence-electron chi connectivity index (χ4n) is 2.41. The molecular weight excluding hydrogens is 232 g/mol. The summed E-state index contributed by atoms with van der Waals surface area (Å²) in [4.78, 5) is 21.9. The Bertz CT molecular complexity index is 283. The minimum atomic E-state index is -0.569. The van der Waals surface area contributed by atoms with E-state index < -0.39 is 6.03 Å². The number of hydrogen-bond donors (Lipinski definition) is 4. The average molecular weight is 256 g/mol. The minimum Gasteiger partial charge on any atom is -0.354 e. The van der Waals surface area contributed by atoms with Gasteiger partial charge >= 0.3 is 6.03 Å². The number of primary amides is 1. The topological polar surface area (TPSA) is 110 Å². The average Bonchev–Trinajstić information content (AvgIpc) is 2.32. The molecule has 1 saturated carbocycles. The molecule has 0 heterocycles. The van der Waals surface area contributed by atoms with E-state index in [0.717, 1.165) is 19.3 Å². The summed E-state index contributed by atoms with van der Waals surface area (Å²) in [5.74, 6) is 0.614. The summed E-state index contributed by atoms with van der Waals surface area (Å²) in [5, 5.41) is 5.17. The van der Waals surface area contributed by atoms with Crippen LogP contribution in [0.15, 0.2) is 0 Å². The van der Waals surface area contributed by atoms with Gasteiger partial charge in [-0.25, -0.2) is 4.79 Å². The molecular formula is C12H24N4O2. The molecule has 0 saturated heterocycles. The van der Waals surface area contributed by atoms with E-state index in [-0.39, 0.29) is 5.91 Å². The van der Waals surface area contributed by atoms with Gasteiger partial charge in [0.15, 0.2) is 0 Å². The zero-order valence-electron chi connectivity index (χ0n) is 10.8. The van der Waals surface area contributed by atoms with Crippen LogP contribution in [0, 0.1) is 5.92 Å². The Morgan fingerprint density at radius 1 is 1.17 bits per heavy atom. The van der Waals surface area contributed by atoms with Crippen molar-refractivity contribution in [1.82, 2.24) is 10.6 Å². The minimum absolute atomic E-state index is 0.0282. The van der Waals surface area contributed by atoms with E-state index in [9.17, 15) is 9.59 Å². The number of amides is 3. The zero-order valence-corrected chi connectivity index (χ0v) is 10.8. The third-order valence-electron chi connectivity index (χ3n) is 3.35. The van der Waals surface area contributed by atoms with E-state index in [2.05, 4.69) is 10.6 Å². The van der Waals surface area contributed by atoms with Gasteiger partial charge in [-0.3, -0.25) is 4.79 Å². The van der Waals surface area contributed by atoms with Crippen molar-refractivity contribution in [3.05, 3.63) is 0 Å². The highest BCUT2D eigenvalue weighted by molar-refractivity contribution is 5.76. The van der Waals surface area contributed by atoms with Crippen molar-refractivity contribution in [2.24, 2.45) is 17.4 Å². The molecule has 2 unspecified atom stereocenters. The standard InChI is InChI=1S/C12H24N4O2/c13-10-3-1-2-9(8-10)4-5-11(17)15-6-7-16-12(14)18/h9-10H,1-8,13H2,(H,15,17)(H3,14,16,18). The molecule has 18 heavy (non-hydrogen) atoms. The largest absolute Gasteiger partial charge is 0.354 e. The van der Waals surface area contributed by atoms with Crippen LogP contribution in [0.4, 0.5) is 4.79 Å². The van der Waals surface area contributed by atoms with Gasteiger partial charge in [0.1, 0.15) is 0 Å². The first-order valence-electron chi connectivity index (χ1n) is 6.63. The quantitative estimate of drug-likeness (QED) is 0.505. The molecule has 0 aromatic rings. The molecule has 6 N–H and O–H groups in total. The summed E-state index contributed by atoms with van der Waals surface area (Å²) < 4.78 is 0. The van der Waals surface area contributed by atoms with Crippen LogP contribution >= 0.6 is 0 Å². The van der Waals surface area contributed by atoms with Gasteiger partial charge in [0.25, 0.3) is 0 Å². The number of nitrogens with one attached hydrogen (secondary N) is 2. The van der Waals surface area contributed by atoms with Crippen LogP contribution < -0.4 is 22.1 Å². The van der Waals surface area contributed by atoms with Gasteiger partial charge in [-0.2, -0.15) is 0 Å². The summed E-state index contributed by atoms with van der Waals surface area (Å²) in [5.41, 5.74) is 10.8. The Hall–Kier alpha value is -1.30. The van der Waals surface area contributed by atoms with E-state index in [4.69, 9.17) is 11.5 Å². The first-order valence-corrected chi connectivity index (χ1v) is 6.63. The van der Waals surface area contributed by atoms with Crippen LogP contribution in [-0.2, 0) is 4.79 Å². The molecule has 104 valence electrons. The monoisotopic (exact) mass is 256 g/mol. The molecule has 0 aromatic carbocycles. The Kier molecular flexibility index (Phi) is 6.49. The maximum Gasteiger partial charge on any atom is 0.312 e. The summed E-state index contributed by atoms with van der Waals surface area (Å²) in [6, 6.07) is -0.257. The van der Waals surface area contributed by atoms with E-state index >= 15 is 0 Å². The SMILES string of the molecule is NC(=O)NCCNC(=O)CCC1CCCC(N)C1. The summed E-state index contributed by atoms with van der Waals surface area (Å²) >= 11 is 0. The van der Waals surface area contributed by atoms with Crippen molar-refractivity contribution in [3.63, 3.8) is 0 Å². The Morgan fingerprint density at radius 3 is 2.56 bits per heavy atom. The first-order chi connectivity index (χ1) is 8.58. The number of carbonyl (C=O) groups excluding carboxylic acids is 2. The number of rotatable bonds is 6. The van der Waals surface area contributed by atoms with Crippen LogP contribution in [0.3, 0.4) is 0 Å². The van der Waals surface area contributed by atoms with Crippen LogP contribution in [-0.4, -0.2) is 31.1 Å². The van der Waals surface area contributed by atoms with Crippen molar-refractivity contribution in [2.75, 3.05) is 13.1 Å². The molecule has 0 radical (unpaired) electrons. The van der Waals surface area contributed by atoms with Gasteiger partial charge in [-0.1, -0.05) is 12.8 Å². The van der Waals surface area contributed by atoms with Crippen molar-refractivity contribution in [2.45, 2.75) is 44.6 Å². The number of urea groups is 1. The van der Waals surface area contributed by atoms with Gasteiger partial charge in [0, 0.05) is 25.6 Å². The second-order valence-electron chi connectivity index (χ2n) is 4.97. The molecule has 0 bridgehead atoms. The van der Waals surface area contributed by atoms with Crippen molar-refractivity contribution >= 4 is 11.9 Å². The maximum atomic E-state index is 11.5. The Labute approximate surface area is 108 Å². The van der Waals surface area contributed by atoms with E-state index in [1.54, 1.807) is 0 Å². The lowest BCUT2D eigenvalue weighted by Gasteiger charge is -2.26. The van der Waals surface area contributed by atoms with Crippen molar-refractivity contribution < 1.29 is 9.59 Å². The molecule has 1 aliphatic carbocycles. The zero-order chi connectivity index (χ0) is 13.4. The Morgan fingerprint density at radius 2 is 1.89 bits per heavy atom. The molecule has 1 fully saturated rings. The molecule has 2 atom stereocenters. The van der Waals surface area contributed by atoms with E-state index in [1.165, 1.54) is 12.8 Å². The second kappa shape index (κ2) is 7.92. The predicted octanol–water partition coefficient (Wildman–Crippen LogP) is 0.0686. The lowest BCUT2D eigenvalue weighted by molar-refractivity contribution is -0.121. The Balaban J connectivity index is 2.04. The van der Waals surface area contributed by atoms with Gasteiger partial charge in [0.05, 0.1) is 0 Å². The number of hydrogen-bond acceptors (Lipinski definition) is 3.